The molecule has 1 heterocycles. The van der Waals surface area contributed by atoms with E-state index in [4.69, 9.17) is 4.42 Å². The predicted octanol–water partition coefficient (Wildman–Crippen LogP) is 4.75. The highest BCUT2D eigenvalue weighted by Crippen LogP contribution is 2.32. The van der Waals surface area contributed by atoms with Gasteiger partial charge in [0.2, 0.25) is 0 Å². The Labute approximate surface area is 125 Å². The van der Waals surface area contributed by atoms with E-state index < -0.39 is 0 Å². The largest absolute Gasteiger partial charge is 0.469 e. The minimum absolute atomic E-state index is 0.166. The zero-order chi connectivity index (χ0) is 14.8. The van der Waals surface area contributed by atoms with Gasteiger partial charge in [-0.25, -0.2) is 0 Å². The molecule has 0 saturated heterocycles. The van der Waals surface area contributed by atoms with Gasteiger partial charge in [-0.3, -0.25) is 0 Å². The summed E-state index contributed by atoms with van der Waals surface area (Å²) < 4.78 is 5.51. The van der Waals surface area contributed by atoms with Crippen molar-refractivity contribution in [1.29, 1.82) is 0 Å². The van der Waals surface area contributed by atoms with Gasteiger partial charge >= 0.3 is 0 Å². The first-order valence-corrected chi connectivity index (χ1v) is 7.48. The van der Waals surface area contributed by atoms with Gasteiger partial charge in [0.25, 0.3) is 0 Å². The summed E-state index contributed by atoms with van der Waals surface area (Å²) in [5.41, 5.74) is 3.84. The zero-order valence-corrected chi connectivity index (χ0v) is 12.8. The van der Waals surface area contributed by atoms with Crippen LogP contribution >= 0.6 is 0 Å². The van der Waals surface area contributed by atoms with Crippen LogP contribution in [0.25, 0.3) is 10.8 Å². The molecule has 0 aliphatic heterocycles. The van der Waals surface area contributed by atoms with Crippen molar-refractivity contribution in [2.75, 3.05) is 6.54 Å². The average Bonchev–Trinajstić information content (AvgIpc) is 2.92. The van der Waals surface area contributed by atoms with Gasteiger partial charge in [0, 0.05) is 5.56 Å². The molecule has 2 aromatic carbocycles. The zero-order valence-electron chi connectivity index (χ0n) is 12.8. The van der Waals surface area contributed by atoms with E-state index in [2.05, 4.69) is 61.6 Å². The lowest BCUT2D eigenvalue weighted by molar-refractivity contribution is 0.520. The van der Waals surface area contributed by atoms with Crippen LogP contribution in [-0.4, -0.2) is 6.54 Å². The molecule has 0 radical (unpaired) electrons. The fraction of sp³-hybridized carbons (Fsp3) is 0.263. The summed E-state index contributed by atoms with van der Waals surface area (Å²) in [6, 6.07) is 15.3. The van der Waals surface area contributed by atoms with E-state index in [0.29, 0.717) is 0 Å². The summed E-state index contributed by atoms with van der Waals surface area (Å²) in [6.07, 6.45) is 1.77. The van der Waals surface area contributed by atoms with Crippen LogP contribution in [0, 0.1) is 13.8 Å². The smallest absolute Gasteiger partial charge is 0.105 e. The highest BCUT2D eigenvalue weighted by Gasteiger charge is 2.19. The molecule has 0 spiro atoms. The second kappa shape index (κ2) is 5.74. The summed E-state index contributed by atoms with van der Waals surface area (Å²) in [5, 5.41) is 6.22. The second-order valence-corrected chi connectivity index (χ2v) is 5.44. The van der Waals surface area contributed by atoms with Gasteiger partial charge in [-0.05, 0) is 48.4 Å². The van der Waals surface area contributed by atoms with E-state index in [0.717, 1.165) is 12.3 Å². The molecule has 1 atom stereocenters. The van der Waals surface area contributed by atoms with Gasteiger partial charge < -0.3 is 9.73 Å². The van der Waals surface area contributed by atoms with Crippen molar-refractivity contribution in [3.05, 3.63) is 71.2 Å². The third kappa shape index (κ3) is 2.47. The quantitative estimate of drug-likeness (QED) is 0.745. The third-order valence-corrected chi connectivity index (χ3v) is 4.11. The van der Waals surface area contributed by atoms with E-state index in [9.17, 15) is 0 Å². The number of hydrogen-bond acceptors (Lipinski definition) is 2. The molecule has 2 heteroatoms. The van der Waals surface area contributed by atoms with Crippen molar-refractivity contribution >= 4 is 10.8 Å². The number of furan rings is 1. The van der Waals surface area contributed by atoms with Crippen LogP contribution in [0.1, 0.15) is 35.4 Å². The maximum absolute atomic E-state index is 5.51. The summed E-state index contributed by atoms with van der Waals surface area (Å²) in [4.78, 5) is 0. The van der Waals surface area contributed by atoms with Gasteiger partial charge in [-0.2, -0.15) is 0 Å². The summed E-state index contributed by atoms with van der Waals surface area (Å²) >= 11 is 0. The van der Waals surface area contributed by atoms with Crippen molar-refractivity contribution in [3.63, 3.8) is 0 Å². The molecule has 0 bridgehead atoms. The van der Waals surface area contributed by atoms with Crippen LogP contribution in [0.4, 0.5) is 0 Å². The molecule has 108 valence electrons. The minimum atomic E-state index is 0.166. The lowest BCUT2D eigenvalue weighted by Crippen LogP contribution is -2.22. The van der Waals surface area contributed by atoms with Crippen molar-refractivity contribution in [2.24, 2.45) is 0 Å². The molecule has 1 aromatic heterocycles. The van der Waals surface area contributed by atoms with E-state index in [1.807, 2.05) is 6.92 Å². The van der Waals surface area contributed by atoms with Gasteiger partial charge in [-0.1, -0.05) is 43.3 Å². The molecule has 3 aromatic rings. The molecule has 0 amide bonds. The lowest BCUT2D eigenvalue weighted by atomic mass is 9.92. The highest BCUT2D eigenvalue weighted by molar-refractivity contribution is 5.89. The van der Waals surface area contributed by atoms with E-state index >= 15 is 0 Å². The molecule has 21 heavy (non-hydrogen) atoms. The van der Waals surface area contributed by atoms with Crippen LogP contribution in [0.5, 0.6) is 0 Å². The Kier molecular flexibility index (Phi) is 3.80. The minimum Gasteiger partial charge on any atom is -0.469 e. The van der Waals surface area contributed by atoms with Crippen LogP contribution < -0.4 is 5.32 Å². The maximum atomic E-state index is 5.51. The molecule has 1 unspecified atom stereocenters. The molecular weight excluding hydrogens is 258 g/mol. The van der Waals surface area contributed by atoms with Gasteiger partial charge in [0.15, 0.2) is 0 Å². The molecule has 3 rings (SSSR count). The second-order valence-electron chi connectivity index (χ2n) is 5.44. The van der Waals surface area contributed by atoms with Crippen molar-refractivity contribution in [3.8, 4) is 0 Å². The number of hydrogen-bond donors (Lipinski definition) is 1. The third-order valence-electron chi connectivity index (χ3n) is 4.11. The number of fused-ring (bicyclic) bond motifs is 1. The SMILES string of the molecule is CCNC(c1ccoc1C)c1ccc(C)c2ccccc12. The first kappa shape index (κ1) is 13.9. The number of aryl methyl sites for hydroxylation is 2. The number of nitrogens with one attached hydrogen (secondary N) is 1. The molecule has 2 nitrogen and oxygen atoms in total. The average molecular weight is 279 g/mol. The van der Waals surface area contributed by atoms with E-state index in [1.165, 1.54) is 27.5 Å². The summed E-state index contributed by atoms with van der Waals surface area (Å²) in [5.74, 6) is 0.977. The Bertz CT molecular complexity index is 757. The molecular formula is C19H21NO. The fourth-order valence-corrected chi connectivity index (χ4v) is 3.01. The topological polar surface area (TPSA) is 25.2 Å². The lowest BCUT2D eigenvalue weighted by Gasteiger charge is -2.20. The standard InChI is InChI=1S/C19H21NO/c1-4-20-19(16-11-12-21-14(16)3)18-10-9-13(2)15-7-5-6-8-17(15)18/h5-12,19-20H,4H2,1-3H3. The Morgan fingerprint density at radius 1 is 0.952 bits per heavy atom. The molecule has 0 fully saturated rings. The maximum Gasteiger partial charge on any atom is 0.105 e. The predicted molar refractivity (Wildman–Crippen MR) is 87.6 cm³/mol. The van der Waals surface area contributed by atoms with Crippen molar-refractivity contribution in [2.45, 2.75) is 26.8 Å². The fourth-order valence-electron chi connectivity index (χ4n) is 3.01. The van der Waals surface area contributed by atoms with Gasteiger partial charge in [0.05, 0.1) is 12.3 Å². The van der Waals surface area contributed by atoms with Gasteiger partial charge in [0.1, 0.15) is 5.76 Å². The Morgan fingerprint density at radius 2 is 1.71 bits per heavy atom. The first-order chi connectivity index (χ1) is 10.2. The van der Waals surface area contributed by atoms with E-state index in [1.54, 1.807) is 6.26 Å². The van der Waals surface area contributed by atoms with Crippen molar-refractivity contribution in [1.82, 2.24) is 5.32 Å². The normalized spacial score (nSPS) is 12.7. The Hall–Kier alpha value is -2.06. The van der Waals surface area contributed by atoms with Crippen LogP contribution in [0.2, 0.25) is 0 Å². The first-order valence-electron chi connectivity index (χ1n) is 7.48. The molecule has 1 N–H and O–H groups in total. The molecule has 0 aliphatic carbocycles. The highest BCUT2D eigenvalue weighted by atomic mass is 16.3. The number of benzene rings is 2. The Balaban J connectivity index is 2.21. The summed E-state index contributed by atoms with van der Waals surface area (Å²) in [7, 11) is 0. The van der Waals surface area contributed by atoms with Crippen LogP contribution in [0.15, 0.2) is 53.1 Å². The summed E-state index contributed by atoms with van der Waals surface area (Å²) in [6.45, 7) is 7.24. The number of rotatable bonds is 4. The van der Waals surface area contributed by atoms with E-state index in [-0.39, 0.29) is 6.04 Å². The van der Waals surface area contributed by atoms with Crippen LogP contribution in [-0.2, 0) is 0 Å². The Morgan fingerprint density at radius 3 is 2.38 bits per heavy atom. The van der Waals surface area contributed by atoms with Crippen LogP contribution in [0.3, 0.4) is 0 Å². The molecule has 0 saturated carbocycles. The van der Waals surface area contributed by atoms with Crippen molar-refractivity contribution < 1.29 is 4.42 Å². The molecule has 0 aliphatic rings. The monoisotopic (exact) mass is 279 g/mol. The van der Waals surface area contributed by atoms with Gasteiger partial charge in [-0.15, -0.1) is 0 Å².